The number of nitrogens with one attached hydrogen (secondary N) is 1. The van der Waals surface area contributed by atoms with Crippen molar-refractivity contribution >= 4 is 37.7 Å². The van der Waals surface area contributed by atoms with Crippen LogP contribution in [0.1, 0.15) is 41.8 Å². The van der Waals surface area contributed by atoms with Gasteiger partial charge < -0.3 is 9.64 Å². The second kappa shape index (κ2) is 12.0. The predicted octanol–water partition coefficient (Wildman–Crippen LogP) is 4.92. The zero-order valence-electron chi connectivity index (χ0n) is 19.2. The Morgan fingerprint density at radius 3 is 2.50 bits per heavy atom. The normalized spacial score (nSPS) is 11.1. The van der Waals surface area contributed by atoms with Gasteiger partial charge in [-0.25, -0.2) is 18.1 Å². The van der Waals surface area contributed by atoms with E-state index >= 15 is 0 Å². The van der Waals surface area contributed by atoms with Crippen molar-refractivity contribution in [3.05, 3.63) is 88.0 Å². The van der Waals surface area contributed by atoms with Crippen LogP contribution in [0.5, 0.6) is 5.75 Å². The molecule has 1 aromatic heterocycles. The Kier molecular flexibility index (Phi) is 9.06. The maximum Gasteiger partial charge on any atom is 0.266 e. The van der Waals surface area contributed by atoms with Gasteiger partial charge >= 0.3 is 0 Å². The van der Waals surface area contributed by atoms with Crippen molar-refractivity contribution in [2.75, 3.05) is 17.2 Å². The lowest BCUT2D eigenvalue weighted by atomic mass is 10.1. The highest BCUT2D eigenvalue weighted by Crippen LogP contribution is 2.27. The Labute approximate surface area is 209 Å². The standard InChI is InChI=1S/C25H28BrN3O4S/c1-3-14-34(31,32)28-25(30)20-10-13-24(27-16-20)29(4-2)17-21-15-22(26)11-12-23(21)33-18-19-8-6-5-7-9-19/h5-13,15-16H,3-4,14,17-18H2,1-2H3,(H,28,30). The first-order chi connectivity index (χ1) is 16.3. The van der Waals surface area contributed by atoms with Crippen molar-refractivity contribution in [3.63, 3.8) is 0 Å². The fourth-order valence-corrected chi connectivity index (χ4v) is 4.78. The third kappa shape index (κ3) is 7.30. The summed E-state index contributed by atoms with van der Waals surface area (Å²) in [6.07, 6.45) is 1.82. The number of carbonyl (C=O) groups excluding carboxylic acids is 1. The van der Waals surface area contributed by atoms with Gasteiger partial charge in [0.2, 0.25) is 10.0 Å². The van der Waals surface area contributed by atoms with E-state index in [2.05, 4.69) is 25.6 Å². The van der Waals surface area contributed by atoms with Crippen LogP contribution in [0.3, 0.4) is 0 Å². The van der Waals surface area contributed by atoms with Crippen molar-refractivity contribution in [2.45, 2.75) is 33.4 Å². The third-order valence-corrected chi connectivity index (χ3v) is 6.99. The molecule has 34 heavy (non-hydrogen) atoms. The van der Waals surface area contributed by atoms with Gasteiger partial charge in [0.15, 0.2) is 0 Å². The maximum atomic E-state index is 12.3. The molecule has 3 rings (SSSR count). The van der Waals surface area contributed by atoms with Gasteiger partial charge in [-0.3, -0.25) is 4.79 Å². The van der Waals surface area contributed by atoms with Crippen molar-refractivity contribution < 1.29 is 17.9 Å². The maximum absolute atomic E-state index is 12.3. The molecule has 9 heteroatoms. The molecule has 7 nitrogen and oxygen atoms in total. The summed E-state index contributed by atoms with van der Waals surface area (Å²) >= 11 is 3.54. The molecule has 1 heterocycles. The van der Waals surface area contributed by atoms with Gasteiger partial charge in [-0.05, 0) is 49.2 Å². The summed E-state index contributed by atoms with van der Waals surface area (Å²) in [5, 5.41) is 0. The summed E-state index contributed by atoms with van der Waals surface area (Å²) in [4.78, 5) is 18.7. The van der Waals surface area contributed by atoms with Crippen LogP contribution in [0.15, 0.2) is 71.3 Å². The van der Waals surface area contributed by atoms with Crippen molar-refractivity contribution in [1.29, 1.82) is 0 Å². The Hall–Kier alpha value is -2.91. The number of halogens is 1. The average Bonchev–Trinajstić information content (AvgIpc) is 2.82. The monoisotopic (exact) mass is 545 g/mol. The molecular formula is C25H28BrN3O4S. The molecule has 0 spiro atoms. The van der Waals surface area contributed by atoms with Crippen LogP contribution >= 0.6 is 15.9 Å². The Bertz CT molecular complexity index is 1200. The molecule has 1 amide bonds. The first-order valence-corrected chi connectivity index (χ1v) is 13.5. The molecule has 0 radical (unpaired) electrons. The van der Waals surface area contributed by atoms with Crippen LogP contribution in [0.25, 0.3) is 0 Å². The van der Waals surface area contributed by atoms with Gasteiger partial charge in [0.05, 0.1) is 11.3 Å². The van der Waals surface area contributed by atoms with Gasteiger partial charge in [0.1, 0.15) is 18.2 Å². The van der Waals surface area contributed by atoms with Crippen LogP contribution in [-0.4, -0.2) is 31.6 Å². The number of aromatic nitrogens is 1. The molecule has 180 valence electrons. The number of hydrogen-bond acceptors (Lipinski definition) is 6. The van der Waals surface area contributed by atoms with Crippen LogP contribution in [0.4, 0.5) is 5.82 Å². The first-order valence-electron chi connectivity index (χ1n) is 11.0. The van der Waals surface area contributed by atoms with E-state index in [1.54, 1.807) is 19.1 Å². The fraction of sp³-hybridized carbons (Fsp3) is 0.280. The number of pyridine rings is 1. The third-order valence-electron chi connectivity index (χ3n) is 5.06. The van der Waals surface area contributed by atoms with Crippen LogP contribution < -0.4 is 14.4 Å². The van der Waals surface area contributed by atoms with Crippen LogP contribution in [-0.2, 0) is 23.2 Å². The molecule has 1 N–H and O–H groups in total. The van der Waals surface area contributed by atoms with Crippen LogP contribution in [0.2, 0.25) is 0 Å². The molecule has 0 aliphatic rings. The Morgan fingerprint density at radius 1 is 1.09 bits per heavy atom. The predicted molar refractivity (Wildman–Crippen MR) is 137 cm³/mol. The number of amides is 1. The van der Waals surface area contributed by atoms with Gasteiger partial charge in [-0.2, -0.15) is 0 Å². The zero-order valence-corrected chi connectivity index (χ0v) is 21.6. The summed E-state index contributed by atoms with van der Waals surface area (Å²) < 4.78 is 32.8. The highest BCUT2D eigenvalue weighted by atomic mass is 79.9. The lowest BCUT2D eigenvalue weighted by Gasteiger charge is -2.24. The number of carbonyl (C=O) groups is 1. The summed E-state index contributed by atoms with van der Waals surface area (Å²) in [7, 11) is -3.64. The lowest BCUT2D eigenvalue weighted by molar-refractivity contribution is 0.0981. The van der Waals surface area contributed by atoms with Crippen molar-refractivity contribution in [1.82, 2.24) is 9.71 Å². The smallest absolute Gasteiger partial charge is 0.266 e. The molecule has 0 fully saturated rings. The van der Waals surface area contributed by atoms with E-state index < -0.39 is 15.9 Å². The minimum Gasteiger partial charge on any atom is -0.489 e. The molecule has 0 unspecified atom stereocenters. The van der Waals surface area contributed by atoms with Gasteiger partial charge in [0.25, 0.3) is 5.91 Å². The largest absolute Gasteiger partial charge is 0.489 e. The van der Waals surface area contributed by atoms with E-state index in [1.807, 2.05) is 60.4 Å². The number of ether oxygens (including phenoxy) is 1. The summed E-state index contributed by atoms with van der Waals surface area (Å²) in [6, 6.07) is 19.2. The number of anilines is 1. The molecule has 0 aliphatic heterocycles. The summed E-state index contributed by atoms with van der Waals surface area (Å²) in [5.74, 6) is 0.668. The molecule has 0 aliphatic carbocycles. The topological polar surface area (TPSA) is 88.6 Å². The SMILES string of the molecule is CCCS(=O)(=O)NC(=O)c1ccc(N(CC)Cc2cc(Br)ccc2OCc2ccccc2)nc1. The van der Waals surface area contributed by atoms with Crippen molar-refractivity contribution in [3.8, 4) is 5.75 Å². The molecule has 0 saturated carbocycles. The summed E-state index contributed by atoms with van der Waals surface area (Å²) in [6.45, 7) is 5.44. The van der Waals surface area contributed by atoms with E-state index in [9.17, 15) is 13.2 Å². The number of sulfonamides is 1. The van der Waals surface area contributed by atoms with Gasteiger partial charge in [-0.15, -0.1) is 0 Å². The number of benzene rings is 2. The van der Waals surface area contributed by atoms with Gasteiger partial charge in [-0.1, -0.05) is 53.2 Å². The average molecular weight is 546 g/mol. The molecule has 0 bridgehead atoms. The van der Waals surface area contributed by atoms with Crippen molar-refractivity contribution in [2.24, 2.45) is 0 Å². The van der Waals surface area contributed by atoms with E-state index in [0.717, 1.165) is 21.3 Å². The Balaban J connectivity index is 1.73. The number of hydrogen-bond donors (Lipinski definition) is 1. The lowest BCUT2D eigenvalue weighted by Crippen LogP contribution is -2.32. The second-order valence-corrected chi connectivity index (χ2v) is 10.5. The number of rotatable bonds is 11. The molecule has 0 saturated heterocycles. The molecule has 0 atom stereocenters. The Morgan fingerprint density at radius 2 is 1.85 bits per heavy atom. The minimum absolute atomic E-state index is 0.102. The molecular weight excluding hydrogens is 518 g/mol. The fourth-order valence-electron chi connectivity index (χ4n) is 3.34. The van der Waals surface area contributed by atoms with E-state index in [0.29, 0.717) is 31.9 Å². The quantitative estimate of drug-likeness (QED) is 0.368. The van der Waals surface area contributed by atoms with Gasteiger partial charge in [0, 0.05) is 29.3 Å². The van der Waals surface area contributed by atoms with Crippen LogP contribution in [0, 0.1) is 0 Å². The highest BCUT2D eigenvalue weighted by molar-refractivity contribution is 9.10. The molecule has 3 aromatic rings. The van der Waals surface area contributed by atoms with E-state index in [4.69, 9.17) is 4.74 Å². The first kappa shape index (κ1) is 25.7. The highest BCUT2D eigenvalue weighted by Gasteiger charge is 2.17. The van der Waals surface area contributed by atoms with E-state index in [-0.39, 0.29) is 11.3 Å². The molecule has 2 aromatic carbocycles. The zero-order chi connectivity index (χ0) is 24.6. The number of nitrogens with zero attached hydrogens (tertiary/aromatic N) is 2. The van der Waals surface area contributed by atoms with E-state index in [1.165, 1.54) is 6.20 Å². The minimum atomic E-state index is -3.64. The second-order valence-electron chi connectivity index (χ2n) is 7.70. The summed E-state index contributed by atoms with van der Waals surface area (Å²) in [5.41, 5.74) is 2.26.